The van der Waals surface area contributed by atoms with Crippen molar-refractivity contribution >= 4 is 27.4 Å². The van der Waals surface area contributed by atoms with Gasteiger partial charge in [-0.15, -0.1) is 11.3 Å². The second-order valence-electron chi connectivity index (χ2n) is 5.44. The fourth-order valence-electron chi connectivity index (χ4n) is 3.49. The summed E-state index contributed by atoms with van der Waals surface area (Å²) in [5, 5.41) is 5.77. The van der Waals surface area contributed by atoms with E-state index in [4.69, 9.17) is 0 Å². The maximum absolute atomic E-state index is 4.58. The SMILES string of the molecule is c1nc(N2CCCC2C2CCCN2)c2sccc2n1. The lowest BCUT2D eigenvalue weighted by molar-refractivity contribution is 0.481. The Morgan fingerprint density at radius 3 is 3.16 bits per heavy atom. The van der Waals surface area contributed by atoms with Crippen LogP contribution in [-0.4, -0.2) is 35.1 Å². The molecule has 2 aromatic heterocycles. The zero-order valence-corrected chi connectivity index (χ0v) is 11.7. The lowest BCUT2D eigenvalue weighted by Crippen LogP contribution is -2.44. The number of hydrogen-bond donors (Lipinski definition) is 1. The van der Waals surface area contributed by atoms with Gasteiger partial charge in [0.1, 0.15) is 12.1 Å². The summed E-state index contributed by atoms with van der Waals surface area (Å²) in [6, 6.07) is 3.35. The van der Waals surface area contributed by atoms with Crippen molar-refractivity contribution in [1.29, 1.82) is 0 Å². The number of hydrogen-bond acceptors (Lipinski definition) is 5. The maximum atomic E-state index is 4.58. The van der Waals surface area contributed by atoms with Gasteiger partial charge in [0.25, 0.3) is 0 Å². The first-order valence-corrected chi connectivity index (χ1v) is 8.00. The standard InChI is InChI=1S/C14H18N4S/c1-3-10(15-6-1)12-4-2-7-18(12)14-13-11(5-8-19-13)16-9-17-14/h5,8-10,12,15H,1-4,6-7H2. The second kappa shape index (κ2) is 4.72. The van der Waals surface area contributed by atoms with Crippen LogP contribution < -0.4 is 10.2 Å². The minimum absolute atomic E-state index is 0.614. The number of aromatic nitrogens is 2. The summed E-state index contributed by atoms with van der Waals surface area (Å²) >= 11 is 1.76. The Balaban J connectivity index is 1.72. The van der Waals surface area contributed by atoms with Gasteiger partial charge < -0.3 is 10.2 Å². The smallest absolute Gasteiger partial charge is 0.150 e. The van der Waals surface area contributed by atoms with E-state index < -0.39 is 0 Å². The molecule has 0 amide bonds. The van der Waals surface area contributed by atoms with E-state index in [1.807, 2.05) is 0 Å². The molecule has 0 aromatic carbocycles. The van der Waals surface area contributed by atoms with E-state index in [-0.39, 0.29) is 0 Å². The van der Waals surface area contributed by atoms with E-state index in [2.05, 4.69) is 31.6 Å². The molecule has 1 N–H and O–H groups in total. The molecule has 0 aliphatic carbocycles. The third-order valence-electron chi connectivity index (χ3n) is 4.36. The zero-order chi connectivity index (χ0) is 12.7. The van der Waals surface area contributed by atoms with Crippen molar-refractivity contribution in [2.24, 2.45) is 0 Å². The van der Waals surface area contributed by atoms with Gasteiger partial charge in [-0.05, 0) is 43.7 Å². The summed E-state index contributed by atoms with van der Waals surface area (Å²) in [5.74, 6) is 1.15. The zero-order valence-electron chi connectivity index (χ0n) is 10.9. The summed E-state index contributed by atoms with van der Waals surface area (Å²) in [7, 11) is 0. The summed E-state index contributed by atoms with van der Waals surface area (Å²) in [6.07, 6.45) is 6.89. The van der Waals surface area contributed by atoms with Crippen LogP contribution in [0.3, 0.4) is 0 Å². The number of nitrogens with zero attached hydrogens (tertiary/aromatic N) is 3. The van der Waals surface area contributed by atoms with Gasteiger partial charge in [0.2, 0.25) is 0 Å². The van der Waals surface area contributed by atoms with Gasteiger partial charge >= 0.3 is 0 Å². The van der Waals surface area contributed by atoms with Gasteiger partial charge in [0, 0.05) is 18.6 Å². The van der Waals surface area contributed by atoms with Crippen LogP contribution >= 0.6 is 11.3 Å². The van der Waals surface area contributed by atoms with Crippen molar-refractivity contribution in [3.05, 3.63) is 17.8 Å². The Morgan fingerprint density at radius 2 is 2.26 bits per heavy atom. The monoisotopic (exact) mass is 274 g/mol. The van der Waals surface area contributed by atoms with Crippen molar-refractivity contribution in [1.82, 2.24) is 15.3 Å². The highest BCUT2D eigenvalue weighted by Gasteiger charge is 2.34. The van der Waals surface area contributed by atoms with E-state index in [9.17, 15) is 0 Å². The van der Waals surface area contributed by atoms with Gasteiger partial charge in [0.05, 0.1) is 10.2 Å². The number of anilines is 1. The first-order chi connectivity index (χ1) is 9.43. The Bertz CT molecular complexity index is 576. The highest BCUT2D eigenvalue weighted by molar-refractivity contribution is 7.17. The van der Waals surface area contributed by atoms with Crippen molar-refractivity contribution < 1.29 is 0 Å². The van der Waals surface area contributed by atoms with Crippen LogP contribution in [0.2, 0.25) is 0 Å². The molecule has 0 saturated carbocycles. The third kappa shape index (κ3) is 1.92. The fourth-order valence-corrected chi connectivity index (χ4v) is 4.34. The van der Waals surface area contributed by atoms with Gasteiger partial charge in [-0.25, -0.2) is 9.97 Å². The average Bonchev–Trinajstić information content (AvgIpc) is 3.18. The van der Waals surface area contributed by atoms with Gasteiger partial charge in [-0.1, -0.05) is 0 Å². The molecule has 19 heavy (non-hydrogen) atoms. The Hall–Kier alpha value is -1.20. The van der Waals surface area contributed by atoms with E-state index in [0.29, 0.717) is 12.1 Å². The minimum atomic E-state index is 0.614. The number of fused-ring (bicyclic) bond motifs is 1. The van der Waals surface area contributed by atoms with Crippen LogP contribution in [0, 0.1) is 0 Å². The minimum Gasteiger partial charge on any atom is -0.351 e. The maximum Gasteiger partial charge on any atom is 0.150 e. The Kier molecular flexibility index (Phi) is 2.89. The van der Waals surface area contributed by atoms with E-state index in [0.717, 1.165) is 17.9 Å². The number of nitrogens with one attached hydrogen (secondary N) is 1. The lowest BCUT2D eigenvalue weighted by atomic mass is 10.0. The first-order valence-electron chi connectivity index (χ1n) is 7.12. The van der Waals surface area contributed by atoms with Crippen LogP contribution in [0.5, 0.6) is 0 Å². The van der Waals surface area contributed by atoms with Crippen LogP contribution in [-0.2, 0) is 0 Å². The molecule has 2 aromatic rings. The molecule has 4 nitrogen and oxygen atoms in total. The first kappa shape index (κ1) is 11.6. The topological polar surface area (TPSA) is 41.1 Å². The molecule has 0 bridgehead atoms. The molecule has 4 rings (SSSR count). The summed E-state index contributed by atoms with van der Waals surface area (Å²) in [6.45, 7) is 2.31. The normalized spacial score (nSPS) is 27.5. The molecular weight excluding hydrogens is 256 g/mol. The summed E-state index contributed by atoms with van der Waals surface area (Å²) in [5.41, 5.74) is 1.08. The number of rotatable bonds is 2. The van der Waals surface area contributed by atoms with Gasteiger partial charge in [0.15, 0.2) is 0 Å². The van der Waals surface area contributed by atoms with E-state index in [1.54, 1.807) is 17.7 Å². The summed E-state index contributed by atoms with van der Waals surface area (Å²) < 4.78 is 1.24. The molecular formula is C14H18N4S. The molecule has 2 aliphatic rings. The van der Waals surface area contributed by atoms with Crippen LogP contribution in [0.15, 0.2) is 17.8 Å². The third-order valence-corrected chi connectivity index (χ3v) is 5.26. The van der Waals surface area contributed by atoms with E-state index in [1.165, 1.54) is 36.9 Å². The Labute approximate surface area is 116 Å². The molecule has 4 heterocycles. The van der Waals surface area contributed by atoms with Crippen LogP contribution in [0.4, 0.5) is 5.82 Å². The van der Waals surface area contributed by atoms with E-state index >= 15 is 0 Å². The van der Waals surface area contributed by atoms with Crippen molar-refractivity contribution in [2.45, 2.75) is 37.8 Å². The lowest BCUT2D eigenvalue weighted by Gasteiger charge is -2.30. The highest BCUT2D eigenvalue weighted by atomic mass is 32.1. The molecule has 2 aliphatic heterocycles. The molecule has 2 fully saturated rings. The predicted molar refractivity (Wildman–Crippen MR) is 78.8 cm³/mol. The second-order valence-corrected chi connectivity index (χ2v) is 6.35. The average molecular weight is 274 g/mol. The highest BCUT2D eigenvalue weighted by Crippen LogP contribution is 2.34. The quantitative estimate of drug-likeness (QED) is 0.913. The molecule has 2 saturated heterocycles. The van der Waals surface area contributed by atoms with Crippen molar-refractivity contribution in [2.75, 3.05) is 18.0 Å². The van der Waals surface area contributed by atoms with Crippen molar-refractivity contribution in [3.8, 4) is 0 Å². The van der Waals surface area contributed by atoms with Crippen LogP contribution in [0.25, 0.3) is 10.2 Å². The molecule has 100 valence electrons. The van der Waals surface area contributed by atoms with Gasteiger partial charge in [-0.2, -0.15) is 0 Å². The molecule has 5 heteroatoms. The molecule has 2 atom stereocenters. The van der Waals surface area contributed by atoms with Crippen molar-refractivity contribution in [3.63, 3.8) is 0 Å². The molecule has 2 unspecified atom stereocenters. The fraction of sp³-hybridized carbons (Fsp3) is 0.571. The van der Waals surface area contributed by atoms with Crippen LogP contribution in [0.1, 0.15) is 25.7 Å². The Morgan fingerprint density at radius 1 is 1.26 bits per heavy atom. The largest absolute Gasteiger partial charge is 0.351 e. The predicted octanol–water partition coefficient (Wildman–Crippen LogP) is 2.41. The summed E-state index contributed by atoms with van der Waals surface area (Å²) in [4.78, 5) is 11.5. The molecule has 0 radical (unpaired) electrons. The number of thiophene rings is 1. The van der Waals surface area contributed by atoms with Gasteiger partial charge in [-0.3, -0.25) is 0 Å². The molecule has 0 spiro atoms.